The number of phosphoric ester groups is 1. The summed E-state index contributed by atoms with van der Waals surface area (Å²) in [5.74, 6) is -0.180. The number of nitrogens with zero attached hydrogens (tertiary/aromatic N) is 1. The first-order chi connectivity index (χ1) is 21.5. The lowest BCUT2D eigenvalue weighted by atomic mass is 10.0. The molecule has 0 radical (unpaired) electrons. The minimum atomic E-state index is -4.32. The number of carbonyl (C=O) groups excluding carboxylic acids is 1. The molecular formula is C36H74N2O6P+. The van der Waals surface area contributed by atoms with Crippen LogP contribution in [0.4, 0.5) is 0 Å². The fourth-order valence-corrected chi connectivity index (χ4v) is 5.95. The summed E-state index contributed by atoms with van der Waals surface area (Å²) in [5, 5.41) is 13.7. The van der Waals surface area contributed by atoms with Gasteiger partial charge in [0.15, 0.2) is 0 Å². The van der Waals surface area contributed by atoms with Crippen molar-refractivity contribution in [3.63, 3.8) is 0 Å². The van der Waals surface area contributed by atoms with E-state index in [1.54, 1.807) is 6.08 Å². The summed E-state index contributed by atoms with van der Waals surface area (Å²) in [6.07, 6.45) is 29.9. The zero-order valence-corrected chi connectivity index (χ0v) is 31.0. The van der Waals surface area contributed by atoms with Gasteiger partial charge in [0, 0.05) is 6.42 Å². The third-order valence-electron chi connectivity index (χ3n) is 8.26. The van der Waals surface area contributed by atoms with Gasteiger partial charge in [-0.15, -0.1) is 0 Å². The number of hydrogen-bond acceptors (Lipinski definition) is 5. The average molecular weight is 662 g/mol. The Balaban J connectivity index is 4.49. The van der Waals surface area contributed by atoms with Crippen LogP contribution in [0, 0.1) is 0 Å². The van der Waals surface area contributed by atoms with Crippen LogP contribution >= 0.6 is 7.82 Å². The third kappa shape index (κ3) is 31.6. The summed E-state index contributed by atoms with van der Waals surface area (Å²) >= 11 is 0. The highest BCUT2D eigenvalue weighted by Crippen LogP contribution is 2.43. The zero-order valence-electron chi connectivity index (χ0n) is 30.1. The fourth-order valence-electron chi connectivity index (χ4n) is 5.22. The molecule has 0 fully saturated rings. The standard InChI is InChI=1S/C36H73N2O6P/c1-6-8-10-12-14-16-17-18-19-20-22-24-26-28-30-36(40)37-34(33-44-45(41,42)43-32-31-38(3,4)5)35(39)29-27-25-23-21-15-13-11-9-7-2/h27,29,34-35,39H,6-26,28,30-33H2,1-5H3,(H-,37,40,41,42)/p+1/b29-27+/t34-,35+/m0/s1. The van der Waals surface area contributed by atoms with Crippen LogP contribution in [0.3, 0.4) is 0 Å². The average Bonchev–Trinajstić information content (AvgIpc) is 2.97. The van der Waals surface area contributed by atoms with Crippen molar-refractivity contribution in [2.24, 2.45) is 0 Å². The molecule has 8 nitrogen and oxygen atoms in total. The molecule has 0 heterocycles. The van der Waals surface area contributed by atoms with Crippen molar-refractivity contribution in [3.8, 4) is 0 Å². The molecule has 268 valence electrons. The molecule has 1 amide bonds. The predicted molar refractivity (Wildman–Crippen MR) is 189 cm³/mol. The molecule has 45 heavy (non-hydrogen) atoms. The number of nitrogens with one attached hydrogen (secondary N) is 1. The molecule has 0 aliphatic carbocycles. The highest BCUT2D eigenvalue weighted by molar-refractivity contribution is 7.47. The van der Waals surface area contributed by atoms with E-state index in [2.05, 4.69) is 19.2 Å². The lowest BCUT2D eigenvalue weighted by Crippen LogP contribution is -2.45. The van der Waals surface area contributed by atoms with Crippen LogP contribution in [-0.4, -0.2) is 73.4 Å². The topological polar surface area (TPSA) is 105 Å². The third-order valence-corrected chi connectivity index (χ3v) is 9.24. The van der Waals surface area contributed by atoms with Gasteiger partial charge in [-0.2, -0.15) is 0 Å². The molecule has 0 aromatic rings. The first-order valence-corrected chi connectivity index (χ1v) is 20.1. The number of phosphoric acid groups is 1. The number of rotatable bonds is 33. The number of aliphatic hydroxyl groups is 1. The molecule has 0 aliphatic heterocycles. The Labute approximate surface area is 278 Å². The van der Waals surface area contributed by atoms with Crippen molar-refractivity contribution in [2.75, 3.05) is 40.9 Å². The Kier molecular flexibility index (Phi) is 28.9. The SMILES string of the molecule is CCCCCCCCC/C=C/[C@@H](O)[C@H](COP(=O)(O)OCC[N+](C)(C)C)NC(=O)CCCCCCCCCCCCCCCC. The first-order valence-electron chi connectivity index (χ1n) is 18.6. The van der Waals surface area contributed by atoms with Gasteiger partial charge in [0.25, 0.3) is 0 Å². The maximum Gasteiger partial charge on any atom is 0.472 e. The van der Waals surface area contributed by atoms with Crippen LogP contribution in [-0.2, 0) is 18.4 Å². The Morgan fingerprint density at radius 1 is 0.733 bits per heavy atom. The van der Waals surface area contributed by atoms with Gasteiger partial charge in [-0.3, -0.25) is 13.8 Å². The minimum Gasteiger partial charge on any atom is -0.387 e. The van der Waals surface area contributed by atoms with E-state index in [9.17, 15) is 19.4 Å². The van der Waals surface area contributed by atoms with Gasteiger partial charge in [0.2, 0.25) is 5.91 Å². The van der Waals surface area contributed by atoms with E-state index in [0.717, 1.165) is 38.5 Å². The molecule has 0 aromatic carbocycles. The quantitative estimate of drug-likeness (QED) is 0.0280. The maximum atomic E-state index is 12.7. The van der Waals surface area contributed by atoms with Crippen LogP contribution in [0.25, 0.3) is 0 Å². The van der Waals surface area contributed by atoms with E-state index in [1.165, 1.54) is 103 Å². The largest absolute Gasteiger partial charge is 0.472 e. The van der Waals surface area contributed by atoms with Crippen molar-refractivity contribution < 1.29 is 32.9 Å². The molecule has 0 saturated carbocycles. The molecule has 0 aromatic heterocycles. The van der Waals surface area contributed by atoms with Crippen molar-refractivity contribution in [2.45, 2.75) is 174 Å². The van der Waals surface area contributed by atoms with Gasteiger partial charge in [-0.25, -0.2) is 4.57 Å². The van der Waals surface area contributed by atoms with Gasteiger partial charge in [-0.05, 0) is 19.3 Å². The van der Waals surface area contributed by atoms with Crippen LogP contribution in [0.15, 0.2) is 12.2 Å². The molecule has 0 aliphatic rings. The number of aliphatic hydroxyl groups excluding tert-OH is 1. The Morgan fingerprint density at radius 2 is 1.18 bits per heavy atom. The summed E-state index contributed by atoms with van der Waals surface area (Å²) in [4.78, 5) is 22.9. The Hall–Kier alpha value is -0.760. The van der Waals surface area contributed by atoms with Crippen molar-refractivity contribution in [1.29, 1.82) is 0 Å². The fraction of sp³-hybridized carbons (Fsp3) is 0.917. The minimum absolute atomic E-state index is 0.0638. The molecule has 9 heteroatoms. The van der Waals surface area contributed by atoms with Crippen molar-refractivity contribution in [1.82, 2.24) is 5.32 Å². The second kappa shape index (κ2) is 29.4. The van der Waals surface area contributed by atoms with Crippen LogP contribution in [0.1, 0.15) is 162 Å². The van der Waals surface area contributed by atoms with Gasteiger partial charge >= 0.3 is 7.82 Å². The number of quaternary nitrogens is 1. The summed E-state index contributed by atoms with van der Waals surface area (Å²) in [5.41, 5.74) is 0. The van der Waals surface area contributed by atoms with E-state index < -0.39 is 20.0 Å². The Morgan fingerprint density at radius 3 is 1.64 bits per heavy atom. The summed E-state index contributed by atoms with van der Waals surface area (Å²) in [6, 6.07) is -0.836. The number of carbonyl (C=O) groups is 1. The summed E-state index contributed by atoms with van der Waals surface area (Å²) < 4.78 is 23.4. The van der Waals surface area contributed by atoms with E-state index >= 15 is 0 Å². The van der Waals surface area contributed by atoms with Gasteiger partial charge in [-0.1, -0.05) is 148 Å². The maximum absolute atomic E-state index is 12.7. The van der Waals surface area contributed by atoms with E-state index in [0.29, 0.717) is 17.4 Å². The first kappa shape index (κ1) is 44.2. The van der Waals surface area contributed by atoms with Gasteiger partial charge in [0.05, 0.1) is 39.9 Å². The van der Waals surface area contributed by atoms with Gasteiger partial charge in [0.1, 0.15) is 13.2 Å². The summed E-state index contributed by atoms with van der Waals surface area (Å²) in [6.45, 7) is 4.77. The lowest BCUT2D eigenvalue weighted by molar-refractivity contribution is -0.870. The number of hydrogen-bond donors (Lipinski definition) is 3. The van der Waals surface area contributed by atoms with Crippen LogP contribution in [0.2, 0.25) is 0 Å². The van der Waals surface area contributed by atoms with Crippen molar-refractivity contribution >= 4 is 13.7 Å². The second-order valence-electron chi connectivity index (χ2n) is 14.0. The highest BCUT2D eigenvalue weighted by atomic mass is 31.2. The monoisotopic (exact) mass is 662 g/mol. The molecule has 0 rings (SSSR count). The summed E-state index contributed by atoms with van der Waals surface area (Å²) in [7, 11) is 1.57. The molecule has 1 unspecified atom stereocenters. The van der Waals surface area contributed by atoms with Gasteiger partial charge < -0.3 is 19.8 Å². The van der Waals surface area contributed by atoms with E-state index in [4.69, 9.17) is 9.05 Å². The number of unbranched alkanes of at least 4 members (excludes halogenated alkanes) is 20. The van der Waals surface area contributed by atoms with Crippen LogP contribution < -0.4 is 5.32 Å². The van der Waals surface area contributed by atoms with E-state index in [-0.39, 0.29) is 19.1 Å². The number of likely N-dealkylation sites (N-methyl/N-ethyl adjacent to an activating group) is 1. The number of amides is 1. The smallest absolute Gasteiger partial charge is 0.387 e. The molecule has 3 N–H and O–H groups in total. The Bertz CT molecular complexity index is 758. The lowest BCUT2D eigenvalue weighted by Gasteiger charge is -2.25. The molecular weight excluding hydrogens is 587 g/mol. The normalized spacial score (nSPS) is 14.9. The molecule has 0 bridgehead atoms. The zero-order chi connectivity index (χ0) is 33.7. The van der Waals surface area contributed by atoms with Crippen molar-refractivity contribution in [3.05, 3.63) is 12.2 Å². The molecule has 3 atom stereocenters. The molecule has 0 saturated heterocycles. The highest BCUT2D eigenvalue weighted by Gasteiger charge is 2.27. The number of allylic oxidation sites excluding steroid dienone is 1. The van der Waals surface area contributed by atoms with E-state index in [1.807, 2.05) is 27.2 Å². The van der Waals surface area contributed by atoms with Crippen LogP contribution in [0.5, 0.6) is 0 Å². The predicted octanol–water partition coefficient (Wildman–Crippen LogP) is 9.24. The molecule has 0 spiro atoms. The second-order valence-corrected chi connectivity index (χ2v) is 15.4.